The van der Waals surface area contributed by atoms with Gasteiger partial charge in [0.05, 0.1) is 21.3 Å². The number of fused-ring (bicyclic) bond motifs is 1. The third kappa shape index (κ3) is 2.73. The number of carbonyl (C=O) groups is 1. The first-order valence-corrected chi connectivity index (χ1v) is 7.51. The molecule has 9 heteroatoms. The summed E-state index contributed by atoms with van der Waals surface area (Å²) in [5, 5.41) is 2.68. The summed E-state index contributed by atoms with van der Waals surface area (Å²) in [5.41, 5.74) is 13.0. The van der Waals surface area contributed by atoms with Crippen molar-refractivity contribution < 1.29 is 19.0 Å². The van der Waals surface area contributed by atoms with Crippen molar-refractivity contribution in [2.45, 2.75) is 12.3 Å². The number of nitrogens with zero attached hydrogens (tertiary/aromatic N) is 2. The number of nitrogens with two attached hydrogens (primary N) is 2. The summed E-state index contributed by atoms with van der Waals surface area (Å²) in [6, 6.07) is 3.56. The van der Waals surface area contributed by atoms with Gasteiger partial charge in [0.1, 0.15) is 11.6 Å². The molecule has 0 saturated heterocycles. The van der Waals surface area contributed by atoms with E-state index in [1.165, 1.54) is 21.3 Å². The lowest BCUT2D eigenvalue weighted by Crippen LogP contribution is -2.27. The number of benzene rings is 1. The Morgan fingerprint density at radius 1 is 1.08 bits per heavy atom. The van der Waals surface area contributed by atoms with E-state index in [9.17, 15) is 4.79 Å². The Morgan fingerprint density at radius 3 is 2.44 bits per heavy atom. The monoisotopic (exact) mass is 345 g/mol. The lowest BCUT2D eigenvalue weighted by molar-refractivity contribution is -0.116. The zero-order chi connectivity index (χ0) is 18.1. The van der Waals surface area contributed by atoms with E-state index in [4.69, 9.17) is 25.7 Å². The predicted octanol–water partition coefficient (Wildman–Crippen LogP) is 1.14. The van der Waals surface area contributed by atoms with Gasteiger partial charge in [0, 0.05) is 23.5 Å². The van der Waals surface area contributed by atoms with Gasteiger partial charge in [-0.2, -0.15) is 9.97 Å². The minimum absolute atomic E-state index is 0.00326. The van der Waals surface area contributed by atoms with Crippen molar-refractivity contribution in [2.24, 2.45) is 0 Å². The summed E-state index contributed by atoms with van der Waals surface area (Å²) in [7, 11) is 4.58. The van der Waals surface area contributed by atoms with Crippen LogP contribution in [0.3, 0.4) is 0 Å². The van der Waals surface area contributed by atoms with E-state index in [1.807, 2.05) is 6.07 Å². The molecule has 1 aliphatic heterocycles. The molecule has 0 unspecified atom stereocenters. The molecule has 1 amide bonds. The van der Waals surface area contributed by atoms with Gasteiger partial charge in [-0.25, -0.2) is 0 Å². The number of nitrogens with one attached hydrogen (secondary N) is 1. The van der Waals surface area contributed by atoms with E-state index in [2.05, 4.69) is 15.3 Å². The van der Waals surface area contributed by atoms with Crippen LogP contribution in [-0.2, 0) is 4.79 Å². The molecule has 5 N–H and O–H groups in total. The van der Waals surface area contributed by atoms with Crippen LogP contribution in [0.2, 0.25) is 0 Å². The van der Waals surface area contributed by atoms with Crippen LogP contribution >= 0.6 is 0 Å². The van der Waals surface area contributed by atoms with Gasteiger partial charge in [0.25, 0.3) is 0 Å². The predicted molar refractivity (Wildman–Crippen MR) is 92.0 cm³/mol. The maximum absolute atomic E-state index is 12.2. The molecule has 3 rings (SSSR count). The van der Waals surface area contributed by atoms with E-state index < -0.39 is 5.92 Å². The third-order valence-electron chi connectivity index (χ3n) is 4.10. The molecule has 132 valence electrons. The van der Waals surface area contributed by atoms with Gasteiger partial charge >= 0.3 is 0 Å². The van der Waals surface area contributed by atoms with E-state index in [0.29, 0.717) is 28.6 Å². The number of nitrogen functional groups attached to an aromatic ring is 2. The van der Waals surface area contributed by atoms with Crippen LogP contribution in [0.25, 0.3) is 0 Å². The Morgan fingerprint density at radius 2 is 1.80 bits per heavy atom. The van der Waals surface area contributed by atoms with Crippen molar-refractivity contribution in [3.05, 3.63) is 23.3 Å². The highest BCUT2D eigenvalue weighted by Gasteiger charge is 2.34. The summed E-state index contributed by atoms with van der Waals surface area (Å²) in [5.74, 6) is 1.33. The summed E-state index contributed by atoms with van der Waals surface area (Å²) in [4.78, 5) is 20.3. The molecule has 1 aliphatic rings. The molecule has 2 heterocycles. The highest BCUT2D eigenvalue weighted by Crippen LogP contribution is 2.48. The number of carbonyl (C=O) groups excluding carboxylic acids is 1. The molecule has 1 aromatic carbocycles. The fraction of sp³-hybridized carbons (Fsp3) is 0.312. The average molecular weight is 345 g/mol. The molecule has 1 atom stereocenters. The number of ether oxygens (including phenoxy) is 3. The van der Waals surface area contributed by atoms with Crippen LogP contribution in [0.1, 0.15) is 23.5 Å². The number of aromatic nitrogens is 2. The first kappa shape index (κ1) is 16.6. The van der Waals surface area contributed by atoms with Crippen LogP contribution in [0, 0.1) is 0 Å². The van der Waals surface area contributed by atoms with E-state index in [1.54, 1.807) is 6.07 Å². The standard InChI is InChI=1S/C16H19N5O4/c1-23-9-5-4-7(12(24-2)13(9)25-3)8-6-10(22)19-15-11(8)14(17)20-16(18)21-15/h4-5,8H,6H2,1-3H3,(H5,17,18,19,20,21,22)/t8-/m1/s1. The molecule has 2 aromatic rings. The molecular formula is C16H19N5O4. The quantitative estimate of drug-likeness (QED) is 0.751. The first-order valence-electron chi connectivity index (χ1n) is 7.51. The zero-order valence-electron chi connectivity index (χ0n) is 14.1. The van der Waals surface area contributed by atoms with Crippen molar-refractivity contribution in [1.29, 1.82) is 0 Å². The number of anilines is 3. The highest BCUT2D eigenvalue weighted by atomic mass is 16.5. The molecule has 0 aliphatic carbocycles. The fourth-order valence-electron chi connectivity index (χ4n) is 3.08. The Labute approximate surface area is 144 Å². The second-order valence-corrected chi connectivity index (χ2v) is 5.46. The van der Waals surface area contributed by atoms with Gasteiger partial charge in [-0.05, 0) is 6.07 Å². The van der Waals surface area contributed by atoms with Crippen LogP contribution in [0.4, 0.5) is 17.6 Å². The van der Waals surface area contributed by atoms with E-state index in [-0.39, 0.29) is 24.1 Å². The minimum Gasteiger partial charge on any atom is -0.493 e. The zero-order valence-corrected chi connectivity index (χ0v) is 14.1. The summed E-state index contributed by atoms with van der Waals surface area (Å²) >= 11 is 0. The number of hydrogen-bond acceptors (Lipinski definition) is 8. The molecule has 0 radical (unpaired) electrons. The largest absolute Gasteiger partial charge is 0.493 e. The van der Waals surface area contributed by atoms with Gasteiger partial charge in [-0.3, -0.25) is 4.79 Å². The average Bonchev–Trinajstić information content (AvgIpc) is 2.58. The normalized spacial score (nSPS) is 16.0. The number of methoxy groups -OCH3 is 3. The van der Waals surface area contributed by atoms with Crippen LogP contribution in [-0.4, -0.2) is 37.2 Å². The van der Waals surface area contributed by atoms with Crippen molar-refractivity contribution in [3.63, 3.8) is 0 Å². The van der Waals surface area contributed by atoms with Crippen molar-refractivity contribution in [2.75, 3.05) is 38.1 Å². The Bertz CT molecular complexity index is 840. The molecular weight excluding hydrogens is 326 g/mol. The lowest BCUT2D eigenvalue weighted by Gasteiger charge is -2.28. The summed E-state index contributed by atoms with van der Waals surface area (Å²) in [6.45, 7) is 0. The van der Waals surface area contributed by atoms with Gasteiger partial charge in [-0.1, -0.05) is 6.07 Å². The second-order valence-electron chi connectivity index (χ2n) is 5.46. The first-order chi connectivity index (χ1) is 12.0. The van der Waals surface area contributed by atoms with Gasteiger partial charge < -0.3 is 31.0 Å². The molecule has 25 heavy (non-hydrogen) atoms. The SMILES string of the molecule is COc1ccc([C@H]2CC(=O)Nc3nc(N)nc(N)c32)c(OC)c1OC. The number of rotatable bonds is 4. The molecule has 0 bridgehead atoms. The van der Waals surface area contributed by atoms with Gasteiger partial charge in [0.15, 0.2) is 11.5 Å². The van der Waals surface area contributed by atoms with E-state index >= 15 is 0 Å². The maximum Gasteiger partial charge on any atom is 0.226 e. The summed E-state index contributed by atoms with van der Waals surface area (Å²) < 4.78 is 16.3. The Kier molecular flexibility index (Phi) is 4.22. The highest BCUT2D eigenvalue weighted by molar-refractivity contribution is 5.95. The Balaban J connectivity index is 2.23. The lowest BCUT2D eigenvalue weighted by atomic mass is 9.85. The minimum atomic E-state index is -0.404. The second kappa shape index (κ2) is 6.34. The molecule has 0 saturated carbocycles. The summed E-state index contributed by atoms with van der Waals surface area (Å²) in [6.07, 6.45) is 0.163. The fourth-order valence-corrected chi connectivity index (χ4v) is 3.08. The topological polar surface area (TPSA) is 135 Å². The smallest absolute Gasteiger partial charge is 0.226 e. The number of hydrogen-bond donors (Lipinski definition) is 3. The van der Waals surface area contributed by atoms with Crippen molar-refractivity contribution in [1.82, 2.24) is 9.97 Å². The Hall–Kier alpha value is -3.23. The van der Waals surface area contributed by atoms with Crippen LogP contribution in [0.15, 0.2) is 12.1 Å². The molecule has 0 spiro atoms. The molecule has 0 fully saturated rings. The van der Waals surface area contributed by atoms with E-state index in [0.717, 1.165) is 5.56 Å². The van der Waals surface area contributed by atoms with Crippen LogP contribution < -0.4 is 31.0 Å². The van der Waals surface area contributed by atoms with Crippen LogP contribution in [0.5, 0.6) is 17.2 Å². The van der Waals surface area contributed by atoms with Crippen molar-refractivity contribution in [3.8, 4) is 17.2 Å². The maximum atomic E-state index is 12.2. The third-order valence-corrected chi connectivity index (χ3v) is 4.10. The molecule has 9 nitrogen and oxygen atoms in total. The number of amides is 1. The van der Waals surface area contributed by atoms with Crippen molar-refractivity contribution >= 4 is 23.5 Å². The molecule has 1 aromatic heterocycles. The van der Waals surface area contributed by atoms with Gasteiger partial charge in [0.2, 0.25) is 17.6 Å². The van der Waals surface area contributed by atoms with Gasteiger partial charge in [-0.15, -0.1) is 0 Å².